The van der Waals surface area contributed by atoms with Crippen LogP contribution in [-0.2, 0) is 4.79 Å². The largest absolute Gasteiger partial charge is 0.506 e. The van der Waals surface area contributed by atoms with Gasteiger partial charge in [-0.05, 0) is 35.7 Å². The number of likely N-dealkylation sites (N-methyl/N-ethyl adjacent to an activating group) is 1. The molecule has 0 aliphatic carbocycles. The fourth-order valence-corrected chi connectivity index (χ4v) is 2.94. The van der Waals surface area contributed by atoms with Crippen molar-refractivity contribution in [3.8, 4) is 11.5 Å². The van der Waals surface area contributed by atoms with Gasteiger partial charge < -0.3 is 20.5 Å². The van der Waals surface area contributed by atoms with E-state index in [2.05, 4.69) is 10.5 Å². The van der Waals surface area contributed by atoms with Crippen molar-refractivity contribution in [3.63, 3.8) is 0 Å². The van der Waals surface area contributed by atoms with E-state index in [4.69, 9.17) is 22.1 Å². The number of ether oxygens (including phenoxy) is 1. The number of phenolic OH excluding ortho intramolecular Hbond substituents is 1. The molecule has 3 rings (SSSR count). The molecule has 4 N–H and O–H groups in total. The summed E-state index contributed by atoms with van der Waals surface area (Å²) in [5.41, 5.74) is 8.90. The summed E-state index contributed by atoms with van der Waals surface area (Å²) in [6.07, 6.45) is 1.51. The minimum atomic E-state index is -0.468. The molecule has 160 valence electrons. The van der Waals surface area contributed by atoms with E-state index in [-0.39, 0.29) is 35.5 Å². The van der Waals surface area contributed by atoms with Crippen LogP contribution < -0.4 is 15.9 Å². The molecule has 31 heavy (non-hydrogen) atoms. The molecule has 2 amide bonds. The van der Waals surface area contributed by atoms with Crippen LogP contribution in [0.25, 0.3) is 10.8 Å². The maximum Gasteiger partial charge on any atom is 0.271 e. The number of rotatable bonds is 7. The molecular formula is C22H21ClN4O4. The van der Waals surface area contributed by atoms with Crippen LogP contribution in [0.2, 0.25) is 5.02 Å². The first-order valence-corrected chi connectivity index (χ1v) is 9.69. The zero-order valence-electron chi connectivity index (χ0n) is 16.7. The van der Waals surface area contributed by atoms with Crippen molar-refractivity contribution in [1.29, 1.82) is 0 Å². The van der Waals surface area contributed by atoms with E-state index < -0.39 is 5.91 Å². The van der Waals surface area contributed by atoms with Gasteiger partial charge in [-0.2, -0.15) is 5.10 Å². The standard InChI is InChI=1S/C22H21ClN4O4/c1-27(13-24)21(29)12-31-20-9-7-15(16-4-2-3-5-17(16)20)11-25-26-22(30)14-6-8-19(28)18(23)10-14/h2-11,28H,12-13,24H2,1H3,(H,26,30)/b25-11+. The topological polar surface area (TPSA) is 117 Å². The molecule has 0 bridgehead atoms. The van der Waals surface area contributed by atoms with Crippen LogP contribution >= 0.6 is 11.6 Å². The average Bonchev–Trinajstić information content (AvgIpc) is 2.79. The predicted molar refractivity (Wildman–Crippen MR) is 119 cm³/mol. The second kappa shape index (κ2) is 9.92. The molecule has 0 saturated carbocycles. The minimum Gasteiger partial charge on any atom is -0.506 e. The molecule has 0 aliphatic heterocycles. The summed E-state index contributed by atoms with van der Waals surface area (Å²) in [5, 5.41) is 15.2. The summed E-state index contributed by atoms with van der Waals surface area (Å²) < 4.78 is 5.69. The van der Waals surface area contributed by atoms with Crippen molar-refractivity contribution in [3.05, 3.63) is 70.7 Å². The third kappa shape index (κ3) is 5.30. The number of phenols is 1. The second-order valence-electron chi connectivity index (χ2n) is 6.63. The number of hydrazone groups is 1. The van der Waals surface area contributed by atoms with E-state index in [9.17, 15) is 14.7 Å². The highest BCUT2D eigenvalue weighted by molar-refractivity contribution is 6.32. The van der Waals surface area contributed by atoms with Gasteiger partial charge in [0.25, 0.3) is 11.8 Å². The van der Waals surface area contributed by atoms with Crippen molar-refractivity contribution in [2.24, 2.45) is 10.8 Å². The number of nitrogens with one attached hydrogen (secondary N) is 1. The molecular weight excluding hydrogens is 420 g/mol. The molecule has 3 aromatic carbocycles. The molecule has 0 heterocycles. The van der Waals surface area contributed by atoms with E-state index >= 15 is 0 Å². The van der Waals surface area contributed by atoms with Crippen molar-refractivity contribution in [2.75, 3.05) is 20.3 Å². The molecule has 0 aromatic heterocycles. The van der Waals surface area contributed by atoms with Crippen LogP contribution in [-0.4, -0.2) is 48.4 Å². The summed E-state index contributed by atoms with van der Waals surface area (Å²) in [5.74, 6) is -0.250. The highest BCUT2D eigenvalue weighted by Crippen LogP contribution is 2.28. The lowest BCUT2D eigenvalue weighted by molar-refractivity contribution is -0.131. The Balaban J connectivity index is 1.76. The maximum atomic E-state index is 12.2. The number of halogens is 1. The molecule has 0 aliphatic rings. The maximum absolute atomic E-state index is 12.2. The highest BCUT2D eigenvalue weighted by Gasteiger charge is 2.11. The summed E-state index contributed by atoms with van der Waals surface area (Å²) >= 11 is 5.83. The van der Waals surface area contributed by atoms with Crippen molar-refractivity contribution < 1.29 is 19.4 Å². The zero-order valence-corrected chi connectivity index (χ0v) is 17.5. The number of carbonyl (C=O) groups is 2. The number of fused-ring (bicyclic) bond motifs is 1. The van der Waals surface area contributed by atoms with Crippen LogP contribution in [0.5, 0.6) is 11.5 Å². The van der Waals surface area contributed by atoms with Gasteiger partial charge in [0.2, 0.25) is 0 Å². The summed E-state index contributed by atoms with van der Waals surface area (Å²) in [7, 11) is 1.60. The number of hydrogen-bond acceptors (Lipinski definition) is 6. The van der Waals surface area contributed by atoms with Crippen molar-refractivity contribution in [1.82, 2.24) is 10.3 Å². The number of hydrogen-bond donors (Lipinski definition) is 3. The lowest BCUT2D eigenvalue weighted by Crippen LogP contribution is -2.35. The number of nitrogens with zero attached hydrogens (tertiary/aromatic N) is 2. The smallest absolute Gasteiger partial charge is 0.271 e. The van der Waals surface area contributed by atoms with Crippen LogP contribution in [0, 0.1) is 0 Å². The first-order chi connectivity index (χ1) is 14.9. The Morgan fingerprint density at radius 3 is 2.65 bits per heavy atom. The van der Waals surface area contributed by atoms with E-state index in [1.165, 1.54) is 29.3 Å². The monoisotopic (exact) mass is 440 g/mol. The Labute approximate surface area is 183 Å². The van der Waals surface area contributed by atoms with Gasteiger partial charge in [0, 0.05) is 23.6 Å². The van der Waals surface area contributed by atoms with Crippen molar-refractivity contribution >= 4 is 40.4 Å². The van der Waals surface area contributed by atoms with Gasteiger partial charge >= 0.3 is 0 Å². The SMILES string of the molecule is CN(CN)C(=O)COc1ccc(/C=N/NC(=O)c2ccc(O)c(Cl)c2)c2ccccc12. The molecule has 0 atom stereocenters. The van der Waals surface area contributed by atoms with Gasteiger partial charge in [-0.3, -0.25) is 9.59 Å². The van der Waals surface area contributed by atoms with Crippen LogP contribution in [0.15, 0.2) is 59.7 Å². The van der Waals surface area contributed by atoms with E-state index in [1.807, 2.05) is 24.3 Å². The Morgan fingerprint density at radius 1 is 1.19 bits per heavy atom. The number of carbonyl (C=O) groups excluding carboxylic acids is 2. The van der Waals surface area contributed by atoms with Gasteiger partial charge in [-0.25, -0.2) is 5.43 Å². The summed E-state index contributed by atoms with van der Waals surface area (Å²) in [6.45, 7) is -0.0171. The minimum absolute atomic E-state index is 0.0781. The Hall–Kier alpha value is -3.62. The molecule has 0 saturated heterocycles. The Kier molecular flexibility index (Phi) is 7.07. The predicted octanol–water partition coefficient (Wildman–Crippen LogP) is 2.72. The van der Waals surface area contributed by atoms with Gasteiger partial charge in [-0.1, -0.05) is 35.9 Å². The zero-order chi connectivity index (χ0) is 22.4. The lowest BCUT2D eigenvalue weighted by Gasteiger charge is -2.15. The normalized spacial score (nSPS) is 10.9. The van der Waals surface area contributed by atoms with E-state index in [0.717, 1.165) is 16.3 Å². The van der Waals surface area contributed by atoms with E-state index in [1.54, 1.807) is 19.2 Å². The first kappa shape index (κ1) is 22.1. The fraction of sp³-hybridized carbons (Fsp3) is 0.136. The van der Waals surface area contributed by atoms with Crippen LogP contribution in [0.3, 0.4) is 0 Å². The highest BCUT2D eigenvalue weighted by atomic mass is 35.5. The third-order valence-corrected chi connectivity index (χ3v) is 4.85. The van der Waals surface area contributed by atoms with Crippen LogP contribution in [0.4, 0.5) is 0 Å². The second-order valence-corrected chi connectivity index (χ2v) is 7.03. The van der Waals surface area contributed by atoms with Crippen LogP contribution in [0.1, 0.15) is 15.9 Å². The Bertz CT molecular complexity index is 1150. The number of amides is 2. The summed E-state index contributed by atoms with van der Waals surface area (Å²) in [4.78, 5) is 25.5. The third-order valence-electron chi connectivity index (χ3n) is 4.55. The average molecular weight is 441 g/mol. The first-order valence-electron chi connectivity index (χ1n) is 9.31. The van der Waals surface area contributed by atoms with Gasteiger partial charge in [0.1, 0.15) is 11.5 Å². The molecule has 9 heteroatoms. The molecule has 0 unspecified atom stereocenters. The quantitative estimate of drug-likeness (QED) is 0.296. The summed E-state index contributed by atoms with van der Waals surface area (Å²) in [6, 6.07) is 15.1. The lowest BCUT2D eigenvalue weighted by atomic mass is 10.0. The fourth-order valence-electron chi connectivity index (χ4n) is 2.76. The molecule has 0 fully saturated rings. The van der Waals surface area contributed by atoms with Crippen molar-refractivity contribution in [2.45, 2.75) is 0 Å². The van der Waals surface area contributed by atoms with Gasteiger partial charge in [0.15, 0.2) is 6.61 Å². The number of nitrogens with two attached hydrogens (primary N) is 1. The molecule has 0 spiro atoms. The Morgan fingerprint density at radius 2 is 1.94 bits per heavy atom. The number of aromatic hydroxyl groups is 1. The number of benzene rings is 3. The molecule has 0 radical (unpaired) electrons. The molecule has 8 nitrogen and oxygen atoms in total. The molecule has 3 aromatic rings. The van der Waals surface area contributed by atoms with Gasteiger partial charge in [-0.15, -0.1) is 0 Å². The van der Waals surface area contributed by atoms with Gasteiger partial charge in [0.05, 0.1) is 17.9 Å². The van der Waals surface area contributed by atoms with E-state index in [0.29, 0.717) is 5.75 Å².